The predicted octanol–water partition coefficient (Wildman–Crippen LogP) is -2.58. The zero-order chi connectivity index (χ0) is 35.8. The molecule has 0 atom stereocenters. The predicted molar refractivity (Wildman–Crippen MR) is 187 cm³/mol. The quantitative estimate of drug-likeness (QED) is 0.0171. The van der Waals surface area contributed by atoms with Crippen LogP contribution in [0, 0.1) is 6.92 Å². The maximum atomic E-state index is 11.7. The molecule has 0 amide bonds. The summed E-state index contributed by atoms with van der Waals surface area (Å²) in [5, 5.41) is 29.0. The van der Waals surface area contributed by atoms with Crippen LogP contribution in [0.4, 0.5) is 41.4 Å². The third-order valence-corrected chi connectivity index (χ3v) is 7.48. The molecule has 0 spiro atoms. The van der Waals surface area contributed by atoms with E-state index in [1.165, 1.54) is 12.1 Å². The van der Waals surface area contributed by atoms with Crippen LogP contribution in [-0.2, 0) is 19.5 Å². The molecule has 2 aromatic carbocycles. The number of hydrogen-bond donors (Lipinski definition) is 6. The monoisotopic (exact) mass is 760 g/mol. The van der Waals surface area contributed by atoms with E-state index in [9.17, 15) is 18.2 Å². The van der Waals surface area contributed by atoms with E-state index in [4.69, 9.17) is 5.73 Å². The third-order valence-electron chi connectivity index (χ3n) is 5.93. The van der Waals surface area contributed by atoms with Gasteiger partial charge in [-0.25, -0.2) is 8.42 Å². The summed E-state index contributed by atoms with van der Waals surface area (Å²) in [5.74, 6) is 2.30. The number of nitrogen functional groups attached to an aromatic ring is 1. The Hall–Kier alpha value is -2.86. The van der Waals surface area contributed by atoms with Crippen molar-refractivity contribution in [3.8, 4) is 0 Å². The third kappa shape index (κ3) is 15.7. The van der Waals surface area contributed by atoms with Crippen molar-refractivity contribution in [1.82, 2.24) is 29.9 Å². The average molecular weight is 761 g/mol. The van der Waals surface area contributed by atoms with Crippen LogP contribution in [0.15, 0.2) is 46.2 Å². The van der Waals surface area contributed by atoms with Gasteiger partial charge in [0.1, 0.15) is 10.1 Å². The molecule has 2 heterocycles. The van der Waals surface area contributed by atoms with Crippen LogP contribution >= 0.6 is 12.0 Å². The molecule has 0 saturated carbocycles. The Morgan fingerprint density at radius 2 is 1.22 bits per heavy atom. The second-order valence-corrected chi connectivity index (χ2v) is 11.8. The Morgan fingerprint density at radius 3 is 1.71 bits per heavy atom. The molecule has 22 heteroatoms. The molecule has 0 saturated heterocycles. The normalized spacial score (nSPS) is 10.6. The second-order valence-electron chi connectivity index (χ2n) is 9.69. The number of aromatic nitrogens is 6. The van der Waals surface area contributed by atoms with Crippen molar-refractivity contribution < 1.29 is 86.7 Å². The second kappa shape index (κ2) is 23.7. The summed E-state index contributed by atoms with van der Waals surface area (Å²) >= 11 is 0.658. The summed E-state index contributed by atoms with van der Waals surface area (Å²) in [6, 6.07) is 9.65. The molecule has 4 rings (SSSR count). The van der Waals surface area contributed by atoms with Crippen molar-refractivity contribution >= 4 is 75.7 Å². The molecule has 18 nitrogen and oxygen atoms in total. The van der Waals surface area contributed by atoms with E-state index >= 15 is 0 Å². The van der Waals surface area contributed by atoms with Crippen LogP contribution in [0.3, 0.4) is 0 Å². The zero-order valence-electron chi connectivity index (χ0n) is 29.5. The maximum Gasteiger partial charge on any atom is 1.00 e. The van der Waals surface area contributed by atoms with Crippen LogP contribution in [0.25, 0.3) is 12.2 Å². The standard InChI is InChI=1S/C22H26N6O6S2.C7H14N6.2Na/c1-4-23-20-26-21(24-5-2)28-22(27-20)25-17-11-10-15(18(13-17)35-34-33-29)8-9-16-7-6-14(3)12-19(16)36(30,31)32;1-3-9-6-11-5(8)12-7(13-6)10-4-2;;/h6-13,29H,4-5H2,1-3H3,(H,30,31,32)(H3,23,24,25,26,27,28);3-4H2,1-2H3,(H4,8,9,10,11,12,13);;/q;;2*+1/p-2/b9-8+;;;. The van der Waals surface area contributed by atoms with Gasteiger partial charge in [0, 0.05) is 36.8 Å². The van der Waals surface area contributed by atoms with Crippen molar-refractivity contribution in [1.29, 1.82) is 0 Å². The first kappa shape index (κ1) is 46.2. The first-order valence-corrected chi connectivity index (χ1v) is 17.2. The summed E-state index contributed by atoms with van der Waals surface area (Å²) in [6.45, 7) is 12.2. The Bertz CT molecular complexity index is 1780. The van der Waals surface area contributed by atoms with Crippen LogP contribution < -0.4 is 96.7 Å². The van der Waals surface area contributed by atoms with E-state index in [1.54, 1.807) is 43.3 Å². The van der Waals surface area contributed by atoms with Gasteiger partial charge in [-0.15, -0.1) is 0 Å². The molecule has 0 radical (unpaired) electrons. The fourth-order valence-corrected chi connectivity index (χ4v) is 5.21. The van der Waals surface area contributed by atoms with E-state index in [0.717, 1.165) is 13.1 Å². The van der Waals surface area contributed by atoms with Crippen LogP contribution in [0.2, 0.25) is 0 Å². The van der Waals surface area contributed by atoms with Gasteiger partial charge in [0.25, 0.3) is 0 Å². The largest absolute Gasteiger partial charge is 1.00 e. The maximum absolute atomic E-state index is 11.7. The van der Waals surface area contributed by atoms with Crippen molar-refractivity contribution in [3.63, 3.8) is 0 Å². The number of anilines is 7. The fourth-order valence-electron chi connectivity index (χ4n) is 3.95. The average Bonchev–Trinajstić information content (AvgIpc) is 3.04. The van der Waals surface area contributed by atoms with Gasteiger partial charge in [-0.3, -0.25) is 5.04 Å². The Morgan fingerprint density at radius 1 is 0.745 bits per heavy atom. The van der Waals surface area contributed by atoms with Gasteiger partial charge in [-0.2, -0.15) is 34.2 Å². The minimum atomic E-state index is -4.67. The molecule has 2 aromatic heterocycles. The summed E-state index contributed by atoms with van der Waals surface area (Å²) in [5.41, 5.74) is 7.48. The van der Waals surface area contributed by atoms with Gasteiger partial charge in [0.15, 0.2) is 0 Å². The van der Waals surface area contributed by atoms with Crippen molar-refractivity contribution in [3.05, 3.63) is 53.1 Å². The van der Waals surface area contributed by atoms with Crippen molar-refractivity contribution in [2.45, 2.75) is 44.4 Å². The number of aryl methyl sites for hydroxylation is 1. The zero-order valence-corrected chi connectivity index (χ0v) is 35.1. The molecule has 0 bridgehead atoms. The van der Waals surface area contributed by atoms with Crippen molar-refractivity contribution in [2.24, 2.45) is 0 Å². The van der Waals surface area contributed by atoms with E-state index in [1.807, 2.05) is 27.7 Å². The fraction of sp³-hybridized carbons (Fsp3) is 0.310. The molecular formula is C29H38N12Na2O6S2. The molecule has 4 aromatic rings. The minimum absolute atomic E-state index is 0. The summed E-state index contributed by atoms with van der Waals surface area (Å²) in [4.78, 5) is 25.0. The SMILES string of the molecule is CCNc1nc(N)nc(NCC)n1.CCNc1nc(NCC)nc(Nc2ccc(/C=C/c3ccc(C)cc3S(=O)(=O)[O-])c(SOO[O-])c2)n1.[Na+].[Na+]. The Balaban J connectivity index is 0.000000733. The van der Waals surface area contributed by atoms with Crippen LogP contribution in [-0.4, -0.2) is 69.1 Å². The van der Waals surface area contributed by atoms with E-state index in [-0.39, 0.29) is 81.5 Å². The Kier molecular flexibility index (Phi) is 21.4. The van der Waals surface area contributed by atoms with E-state index in [0.29, 0.717) is 70.6 Å². The van der Waals surface area contributed by atoms with Gasteiger partial charge in [-0.1, -0.05) is 30.4 Å². The number of rotatable bonds is 16. The van der Waals surface area contributed by atoms with E-state index < -0.39 is 10.1 Å². The minimum Gasteiger partial charge on any atom is -0.744 e. The number of nitrogens with one attached hydrogen (secondary N) is 5. The molecule has 0 aliphatic carbocycles. The van der Waals surface area contributed by atoms with Gasteiger partial charge in [0.05, 0.1) is 16.9 Å². The first-order valence-electron chi connectivity index (χ1n) is 15.0. The molecule has 7 N–H and O–H groups in total. The summed E-state index contributed by atoms with van der Waals surface area (Å²) < 4.78 is 39.5. The van der Waals surface area contributed by atoms with Gasteiger partial charge in [0.2, 0.25) is 35.7 Å². The molecule has 0 fully saturated rings. The van der Waals surface area contributed by atoms with Crippen LogP contribution in [0.1, 0.15) is 44.4 Å². The molecule has 0 aliphatic rings. The van der Waals surface area contributed by atoms with E-state index in [2.05, 4.69) is 65.9 Å². The van der Waals surface area contributed by atoms with Gasteiger partial charge >= 0.3 is 59.1 Å². The number of nitrogens with two attached hydrogens (primary N) is 1. The molecule has 0 aliphatic heterocycles. The van der Waals surface area contributed by atoms with Gasteiger partial charge in [-0.05, 0) is 69.5 Å². The summed E-state index contributed by atoms with van der Waals surface area (Å²) in [6.07, 6.45) is 3.08. The molecule has 0 unspecified atom stereocenters. The van der Waals surface area contributed by atoms with Crippen molar-refractivity contribution in [2.75, 3.05) is 58.5 Å². The van der Waals surface area contributed by atoms with Crippen LogP contribution in [0.5, 0.6) is 0 Å². The summed E-state index contributed by atoms with van der Waals surface area (Å²) in [7, 11) is -4.67. The molecule has 264 valence electrons. The smallest absolute Gasteiger partial charge is 0.744 e. The number of hydrogen-bond acceptors (Lipinski definition) is 19. The molecular weight excluding hydrogens is 723 g/mol. The topological polar surface area (TPSA) is 262 Å². The number of benzene rings is 2. The Labute approximate surface area is 345 Å². The molecule has 51 heavy (non-hydrogen) atoms. The van der Waals surface area contributed by atoms with Gasteiger partial charge < -0.3 is 42.1 Å². The first-order chi connectivity index (χ1) is 23.5. The number of nitrogens with zero attached hydrogens (tertiary/aromatic N) is 6.